The van der Waals surface area contributed by atoms with Crippen molar-refractivity contribution in [2.45, 2.75) is 45.3 Å². The summed E-state index contributed by atoms with van der Waals surface area (Å²) < 4.78 is 23.4. The molecule has 176 valence electrons. The molecular weight excluding hydrogens is 439 g/mol. The van der Waals surface area contributed by atoms with Crippen LogP contribution in [0.5, 0.6) is 0 Å². The third-order valence-electron chi connectivity index (χ3n) is 5.98. The van der Waals surface area contributed by atoms with Crippen LogP contribution in [-0.2, 0) is 11.3 Å². The zero-order valence-corrected chi connectivity index (χ0v) is 19.0. The van der Waals surface area contributed by atoms with Crippen LogP contribution in [0.4, 0.5) is 9.18 Å². The molecule has 34 heavy (non-hydrogen) atoms. The van der Waals surface area contributed by atoms with Gasteiger partial charge in [-0.15, -0.1) is 5.10 Å². The number of carbonyl (C=O) groups excluding carboxylic acids is 1. The molecule has 0 radical (unpaired) electrons. The van der Waals surface area contributed by atoms with Gasteiger partial charge in [-0.1, -0.05) is 0 Å². The molecule has 1 fully saturated rings. The van der Waals surface area contributed by atoms with Gasteiger partial charge in [0.2, 0.25) is 0 Å². The molecule has 5 rings (SSSR count). The molecule has 1 amide bonds. The van der Waals surface area contributed by atoms with Crippen molar-refractivity contribution in [3.8, 4) is 5.69 Å². The number of carbonyl (C=O) groups is 1. The van der Waals surface area contributed by atoms with Crippen molar-refractivity contribution in [3.05, 3.63) is 60.3 Å². The van der Waals surface area contributed by atoms with E-state index in [1.165, 1.54) is 17.1 Å². The van der Waals surface area contributed by atoms with Crippen LogP contribution in [0.15, 0.2) is 43.1 Å². The number of rotatable bonds is 5. The van der Waals surface area contributed by atoms with Gasteiger partial charge in [-0.25, -0.2) is 13.9 Å². The highest BCUT2D eigenvalue weighted by atomic mass is 19.1. The molecule has 0 bridgehead atoms. The van der Waals surface area contributed by atoms with E-state index in [-0.39, 0.29) is 23.9 Å². The van der Waals surface area contributed by atoms with Crippen LogP contribution in [0, 0.1) is 5.82 Å². The predicted molar refractivity (Wildman–Crippen MR) is 121 cm³/mol. The van der Waals surface area contributed by atoms with Crippen LogP contribution < -0.4 is 0 Å². The lowest BCUT2D eigenvalue weighted by molar-refractivity contribution is 0.0690. The fourth-order valence-electron chi connectivity index (χ4n) is 4.29. The Labute approximate surface area is 195 Å². The van der Waals surface area contributed by atoms with Gasteiger partial charge in [-0.3, -0.25) is 9.97 Å². The Bertz CT molecular complexity index is 1280. The summed E-state index contributed by atoms with van der Waals surface area (Å²) in [5, 5.41) is 11.8. The molecule has 0 unspecified atom stereocenters. The highest BCUT2D eigenvalue weighted by Crippen LogP contribution is 2.27. The first kappa shape index (κ1) is 21.9. The summed E-state index contributed by atoms with van der Waals surface area (Å²) in [6.07, 6.45) is 8.05. The number of fused-ring (bicyclic) bond motifs is 1. The van der Waals surface area contributed by atoms with Crippen molar-refractivity contribution in [1.29, 1.82) is 0 Å². The molecule has 0 aliphatic carbocycles. The van der Waals surface area contributed by atoms with Gasteiger partial charge in [-0.2, -0.15) is 0 Å². The number of aromatic nitrogens is 7. The minimum absolute atomic E-state index is 0.123. The topological polar surface area (TPSA) is 104 Å². The number of benzene rings is 1. The summed E-state index contributed by atoms with van der Waals surface area (Å²) in [5.41, 5.74) is 2.70. The van der Waals surface area contributed by atoms with Gasteiger partial charge >= 0.3 is 6.09 Å². The average Bonchev–Trinajstić information content (AvgIpc) is 3.50. The van der Waals surface area contributed by atoms with E-state index in [2.05, 4.69) is 25.5 Å². The largest absolute Gasteiger partial charge is 0.447 e. The molecule has 1 aliphatic rings. The van der Waals surface area contributed by atoms with E-state index in [0.717, 1.165) is 29.6 Å². The fraction of sp³-hybridized carbons (Fsp3) is 0.391. The molecule has 0 spiro atoms. The molecule has 3 aromatic heterocycles. The highest BCUT2D eigenvalue weighted by Gasteiger charge is 2.26. The number of tetrazole rings is 1. The van der Waals surface area contributed by atoms with Crippen LogP contribution in [0.25, 0.3) is 16.6 Å². The van der Waals surface area contributed by atoms with Crippen LogP contribution in [-0.4, -0.2) is 64.9 Å². The maximum absolute atomic E-state index is 14.9. The minimum atomic E-state index is -0.361. The Morgan fingerprint density at radius 1 is 1.21 bits per heavy atom. The monoisotopic (exact) mass is 464 g/mol. The number of hydrogen-bond acceptors (Lipinski definition) is 7. The third kappa shape index (κ3) is 4.45. The van der Waals surface area contributed by atoms with Gasteiger partial charge in [0.1, 0.15) is 12.1 Å². The molecule has 1 aliphatic heterocycles. The van der Waals surface area contributed by atoms with E-state index in [4.69, 9.17) is 4.74 Å². The molecule has 11 heteroatoms. The lowest BCUT2D eigenvalue weighted by Gasteiger charge is -2.31. The molecule has 0 N–H and O–H groups in total. The van der Waals surface area contributed by atoms with Gasteiger partial charge < -0.3 is 14.2 Å². The number of ether oxygens (including phenoxy) is 1. The summed E-state index contributed by atoms with van der Waals surface area (Å²) in [6, 6.07) is 5.10. The van der Waals surface area contributed by atoms with Crippen molar-refractivity contribution in [2.24, 2.45) is 0 Å². The third-order valence-corrected chi connectivity index (χ3v) is 5.98. The first-order chi connectivity index (χ1) is 16.5. The molecule has 1 saturated heterocycles. The van der Waals surface area contributed by atoms with Gasteiger partial charge in [-0.05, 0) is 49.2 Å². The second kappa shape index (κ2) is 9.16. The molecule has 4 heterocycles. The number of likely N-dealkylation sites (tertiary alicyclic amines) is 1. The van der Waals surface area contributed by atoms with E-state index < -0.39 is 0 Å². The van der Waals surface area contributed by atoms with E-state index >= 15 is 0 Å². The van der Waals surface area contributed by atoms with Crippen molar-refractivity contribution < 1.29 is 13.9 Å². The van der Waals surface area contributed by atoms with Crippen LogP contribution in [0.3, 0.4) is 0 Å². The number of amides is 1. The van der Waals surface area contributed by atoms with E-state index in [1.807, 2.05) is 36.7 Å². The van der Waals surface area contributed by atoms with Gasteiger partial charge in [0.25, 0.3) is 0 Å². The van der Waals surface area contributed by atoms with E-state index in [1.54, 1.807) is 17.3 Å². The summed E-state index contributed by atoms with van der Waals surface area (Å²) in [4.78, 5) is 23.0. The SMILES string of the molecule is CC(C)OC(=O)N1CCC(c2cnc(Cn3ccc4cc(-n5cnnn5)cc(F)c43)cn2)CC1. The Kier molecular flexibility index (Phi) is 5.91. The number of halogens is 1. The van der Waals surface area contributed by atoms with Gasteiger partial charge in [0, 0.05) is 42.9 Å². The lowest BCUT2D eigenvalue weighted by Crippen LogP contribution is -2.39. The zero-order chi connectivity index (χ0) is 23.7. The second-order valence-electron chi connectivity index (χ2n) is 8.69. The fourth-order valence-corrected chi connectivity index (χ4v) is 4.29. The quantitative estimate of drug-likeness (QED) is 0.446. The average molecular weight is 465 g/mol. The van der Waals surface area contributed by atoms with Crippen molar-refractivity contribution in [3.63, 3.8) is 0 Å². The first-order valence-electron chi connectivity index (χ1n) is 11.3. The molecule has 0 atom stereocenters. The summed E-state index contributed by atoms with van der Waals surface area (Å²) in [5.74, 6) is -0.112. The van der Waals surface area contributed by atoms with Gasteiger partial charge in [0.15, 0.2) is 0 Å². The minimum Gasteiger partial charge on any atom is -0.447 e. The normalized spacial score (nSPS) is 14.8. The summed E-state index contributed by atoms with van der Waals surface area (Å²) in [7, 11) is 0. The highest BCUT2D eigenvalue weighted by molar-refractivity contribution is 5.83. The number of nitrogens with zero attached hydrogens (tertiary/aromatic N) is 8. The van der Waals surface area contributed by atoms with E-state index in [0.29, 0.717) is 30.8 Å². The van der Waals surface area contributed by atoms with E-state index in [9.17, 15) is 9.18 Å². The number of piperidine rings is 1. The van der Waals surface area contributed by atoms with Crippen molar-refractivity contribution in [1.82, 2.24) is 39.6 Å². The Morgan fingerprint density at radius 2 is 2.03 bits per heavy atom. The van der Waals surface area contributed by atoms with Gasteiger partial charge in [0.05, 0.1) is 41.4 Å². The molecule has 10 nitrogen and oxygen atoms in total. The standard InChI is InChI=1S/C23H25FN8O2/c1-15(2)34-23(33)30-6-3-16(4-7-30)21-12-25-18(11-26-21)13-31-8-5-17-9-19(10-20(24)22(17)31)32-14-27-28-29-32/h5,8-12,14-16H,3-4,6-7,13H2,1-2H3. The Balaban J connectivity index is 1.26. The first-order valence-corrected chi connectivity index (χ1v) is 11.3. The van der Waals surface area contributed by atoms with Crippen molar-refractivity contribution in [2.75, 3.05) is 13.1 Å². The smallest absolute Gasteiger partial charge is 0.410 e. The lowest BCUT2D eigenvalue weighted by atomic mass is 9.94. The Morgan fingerprint density at radius 3 is 2.71 bits per heavy atom. The zero-order valence-electron chi connectivity index (χ0n) is 19.0. The summed E-state index contributed by atoms with van der Waals surface area (Å²) >= 11 is 0. The number of hydrogen-bond donors (Lipinski definition) is 0. The van der Waals surface area contributed by atoms with Crippen molar-refractivity contribution >= 4 is 17.0 Å². The Hall–Kier alpha value is -3.89. The molecule has 4 aromatic rings. The molecule has 0 saturated carbocycles. The molecule has 1 aromatic carbocycles. The van der Waals surface area contributed by atoms with Crippen LogP contribution in [0.1, 0.15) is 44.0 Å². The second-order valence-corrected chi connectivity index (χ2v) is 8.69. The van der Waals surface area contributed by atoms with Crippen LogP contribution >= 0.6 is 0 Å². The maximum Gasteiger partial charge on any atom is 0.410 e. The summed E-state index contributed by atoms with van der Waals surface area (Å²) in [6.45, 7) is 5.38. The predicted octanol–water partition coefficient (Wildman–Crippen LogP) is 3.32. The van der Waals surface area contributed by atoms with Crippen LogP contribution in [0.2, 0.25) is 0 Å². The maximum atomic E-state index is 14.9. The molecular formula is C23H25FN8O2.